The number of halogens is 2. The Hall–Kier alpha value is -2.08. The van der Waals surface area contributed by atoms with Crippen molar-refractivity contribution in [2.45, 2.75) is 0 Å². The molecular weight excluding hydrogens is 327 g/mol. The average Bonchev–Trinajstić information content (AvgIpc) is 2.41. The van der Waals surface area contributed by atoms with Gasteiger partial charge in [0.25, 0.3) is 5.91 Å². The number of carbonyl (C=O) groups is 1. The van der Waals surface area contributed by atoms with Gasteiger partial charge >= 0.3 is 0 Å². The number of nitrogens with one attached hydrogen (secondary N) is 1. The van der Waals surface area contributed by atoms with E-state index in [9.17, 15) is 9.18 Å². The number of ether oxygens (including phenoxy) is 1. The van der Waals surface area contributed by atoms with Crippen molar-refractivity contribution in [1.82, 2.24) is 0 Å². The number of nitrogens with two attached hydrogens (primary N) is 1. The predicted molar refractivity (Wildman–Crippen MR) is 79.5 cm³/mol. The fraction of sp³-hybridized carbons (Fsp3) is 0.0714. The van der Waals surface area contributed by atoms with E-state index in [-0.39, 0.29) is 17.0 Å². The van der Waals surface area contributed by atoms with Crippen LogP contribution in [0.1, 0.15) is 10.4 Å². The molecule has 6 heteroatoms. The molecule has 0 atom stereocenters. The highest BCUT2D eigenvalue weighted by atomic mass is 79.9. The summed E-state index contributed by atoms with van der Waals surface area (Å²) in [7, 11) is 1.42. The van der Waals surface area contributed by atoms with Crippen LogP contribution < -0.4 is 15.8 Å². The second kappa shape index (κ2) is 5.92. The second-order valence-corrected chi connectivity index (χ2v) is 4.92. The van der Waals surface area contributed by atoms with Crippen LogP contribution in [0.5, 0.6) is 5.75 Å². The average molecular weight is 339 g/mol. The SMILES string of the molecule is COc1c(N)cccc1C(=O)Nc1ccc(Br)cc1F. The molecule has 0 unspecified atom stereocenters. The summed E-state index contributed by atoms with van der Waals surface area (Å²) in [4.78, 5) is 12.2. The topological polar surface area (TPSA) is 64.3 Å². The third-order valence-corrected chi connectivity index (χ3v) is 3.17. The van der Waals surface area contributed by atoms with Crippen molar-refractivity contribution in [2.24, 2.45) is 0 Å². The Morgan fingerprint density at radius 1 is 1.35 bits per heavy atom. The van der Waals surface area contributed by atoms with Crippen molar-refractivity contribution >= 4 is 33.2 Å². The number of nitrogen functional groups attached to an aromatic ring is 1. The van der Waals surface area contributed by atoms with Gasteiger partial charge in [0, 0.05) is 4.47 Å². The van der Waals surface area contributed by atoms with Gasteiger partial charge in [-0.15, -0.1) is 0 Å². The minimum atomic E-state index is -0.532. The number of anilines is 2. The van der Waals surface area contributed by atoms with E-state index in [0.29, 0.717) is 10.2 Å². The Morgan fingerprint density at radius 3 is 2.75 bits per heavy atom. The van der Waals surface area contributed by atoms with Crippen molar-refractivity contribution < 1.29 is 13.9 Å². The van der Waals surface area contributed by atoms with E-state index in [0.717, 1.165) is 0 Å². The Balaban J connectivity index is 2.31. The lowest BCUT2D eigenvalue weighted by Crippen LogP contribution is -2.14. The molecule has 0 aliphatic rings. The molecule has 0 heterocycles. The maximum Gasteiger partial charge on any atom is 0.259 e. The highest BCUT2D eigenvalue weighted by Gasteiger charge is 2.16. The smallest absolute Gasteiger partial charge is 0.259 e. The predicted octanol–water partition coefficient (Wildman–Crippen LogP) is 3.43. The Bertz CT molecular complexity index is 662. The zero-order valence-corrected chi connectivity index (χ0v) is 12.2. The van der Waals surface area contributed by atoms with E-state index in [4.69, 9.17) is 10.5 Å². The third-order valence-electron chi connectivity index (χ3n) is 2.67. The van der Waals surface area contributed by atoms with Gasteiger partial charge < -0.3 is 15.8 Å². The number of amides is 1. The van der Waals surface area contributed by atoms with Crippen molar-refractivity contribution in [3.8, 4) is 5.75 Å². The van der Waals surface area contributed by atoms with Gasteiger partial charge in [0.1, 0.15) is 5.82 Å². The van der Waals surface area contributed by atoms with Gasteiger partial charge in [-0.25, -0.2) is 4.39 Å². The van der Waals surface area contributed by atoms with Crippen molar-refractivity contribution in [2.75, 3.05) is 18.2 Å². The minimum absolute atomic E-state index is 0.0858. The molecule has 0 aliphatic heterocycles. The molecule has 3 N–H and O–H groups in total. The quantitative estimate of drug-likeness (QED) is 0.842. The monoisotopic (exact) mass is 338 g/mol. The number of carbonyl (C=O) groups excluding carboxylic acids is 1. The first kappa shape index (κ1) is 14.3. The molecule has 1 amide bonds. The van der Waals surface area contributed by atoms with Crippen LogP contribution >= 0.6 is 15.9 Å². The molecule has 2 aromatic rings. The molecule has 0 radical (unpaired) electrons. The van der Waals surface area contributed by atoms with Gasteiger partial charge in [-0.05, 0) is 30.3 Å². The van der Waals surface area contributed by atoms with E-state index in [1.54, 1.807) is 24.3 Å². The molecule has 0 aromatic heterocycles. The Morgan fingerprint density at radius 2 is 2.10 bits per heavy atom. The Kier molecular flexibility index (Phi) is 4.24. The summed E-state index contributed by atoms with van der Waals surface area (Å²) in [6.45, 7) is 0. The number of rotatable bonds is 3. The summed E-state index contributed by atoms with van der Waals surface area (Å²) in [5.74, 6) is -0.756. The van der Waals surface area contributed by atoms with Crippen molar-refractivity contribution in [3.05, 3.63) is 52.3 Å². The van der Waals surface area contributed by atoms with Crippen LogP contribution in [0.3, 0.4) is 0 Å². The summed E-state index contributed by atoms with van der Waals surface area (Å²) in [6, 6.07) is 9.18. The van der Waals surface area contributed by atoms with Gasteiger partial charge in [-0.1, -0.05) is 22.0 Å². The number of methoxy groups -OCH3 is 1. The van der Waals surface area contributed by atoms with Crippen LogP contribution in [0.25, 0.3) is 0 Å². The summed E-state index contributed by atoms with van der Waals surface area (Å²) >= 11 is 3.15. The van der Waals surface area contributed by atoms with Gasteiger partial charge in [0.2, 0.25) is 0 Å². The van der Waals surface area contributed by atoms with Crippen molar-refractivity contribution in [3.63, 3.8) is 0 Å². The van der Waals surface area contributed by atoms with Gasteiger partial charge in [0.15, 0.2) is 5.75 Å². The van der Waals surface area contributed by atoms with E-state index in [2.05, 4.69) is 21.2 Å². The van der Waals surface area contributed by atoms with Crippen LogP contribution in [0.4, 0.5) is 15.8 Å². The molecule has 0 spiro atoms. The molecule has 4 nitrogen and oxygen atoms in total. The molecule has 2 rings (SSSR count). The fourth-order valence-electron chi connectivity index (χ4n) is 1.74. The van der Waals surface area contributed by atoms with Gasteiger partial charge in [-0.3, -0.25) is 4.79 Å². The van der Waals surface area contributed by atoms with Crippen LogP contribution in [0.15, 0.2) is 40.9 Å². The zero-order valence-electron chi connectivity index (χ0n) is 10.6. The molecule has 0 fully saturated rings. The number of hydrogen-bond donors (Lipinski definition) is 2. The number of para-hydroxylation sites is 1. The molecule has 2 aromatic carbocycles. The number of benzene rings is 2. The molecule has 0 saturated heterocycles. The molecule has 0 aliphatic carbocycles. The second-order valence-electron chi connectivity index (χ2n) is 4.01. The van der Waals surface area contributed by atoms with E-state index < -0.39 is 11.7 Å². The highest BCUT2D eigenvalue weighted by Crippen LogP contribution is 2.27. The van der Waals surface area contributed by atoms with E-state index >= 15 is 0 Å². The van der Waals surface area contributed by atoms with E-state index in [1.807, 2.05) is 0 Å². The standard InChI is InChI=1S/C14H12BrFN2O2/c1-20-13-9(3-2-4-11(13)17)14(19)18-12-6-5-8(15)7-10(12)16/h2-7H,17H2,1H3,(H,18,19). The molecule has 20 heavy (non-hydrogen) atoms. The first-order valence-electron chi connectivity index (χ1n) is 5.72. The molecule has 0 saturated carbocycles. The lowest BCUT2D eigenvalue weighted by molar-refractivity contribution is 0.102. The maximum atomic E-state index is 13.7. The van der Waals surface area contributed by atoms with Crippen LogP contribution in [0.2, 0.25) is 0 Å². The van der Waals surface area contributed by atoms with Gasteiger partial charge in [-0.2, -0.15) is 0 Å². The first-order valence-corrected chi connectivity index (χ1v) is 6.51. The summed E-state index contributed by atoms with van der Waals surface area (Å²) in [6.07, 6.45) is 0. The van der Waals surface area contributed by atoms with Crippen molar-refractivity contribution in [1.29, 1.82) is 0 Å². The molecule has 0 bridgehead atoms. The summed E-state index contributed by atoms with van der Waals surface area (Å²) < 4.78 is 19.4. The lowest BCUT2D eigenvalue weighted by atomic mass is 10.1. The fourth-order valence-corrected chi connectivity index (χ4v) is 2.08. The van der Waals surface area contributed by atoms with E-state index in [1.165, 1.54) is 19.2 Å². The summed E-state index contributed by atoms with van der Waals surface area (Å²) in [5.41, 5.74) is 6.40. The Labute approximate surface area is 123 Å². The van der Waals surface area contributed by atoms with Gasteiger partial charge in [0.05, 0.1) is 24.0 Å². The zero-order chi connectivity index (χ0) is 14.7. The normalized spacial score (nSPS) is 10.2. The maximum absolute atomic E-state index is 13.7. The van der Waals surface area contributed by atoms with Crippen LogP contribution in [-0.4, -0.2) is 13.0 Å². The minimum Gasteiger partial charge on any atom is -0.494 e. The molecule has 104 valence electrons. The lowest BCUT2D eigenvalue weighted by Gasteiger charge is -2.11. The third kappa shape index (κ3) is 2.91. The number of hydrogen-bond acceptors (Lipinski definition) is 3. The largest absolute Gasteiger partial charge is 0.494 e. The van der Waals surface area contributed by atoms with Crippen LogP contribution in [0, 0.1) is 5.82 Å². The van der Waals surface area contributed by atoms with Crippen LogP contribution in [-0.2, 0) is 0 Å². The summed E-state index contributed by atoms with van der Waals surface area (Å²) in [5, 5.41) is 2.49. The highest BCUT2D eigenvalue weighted by molar-refractivity contribution is 9.10. The molecular formula is C14H12BrFN2O2. The first-order chi connectivity index (χ1) is 9.52.